The minimum absolute atomic E-state index is 0.321. The number of carbonyl (C=O) groups is 1. The summed E-state index contributed by atoms with van der Waals surface area (Å²) in [6.45, 7) is 4.18. The first-order chi connectivity index (χ1) is 9.02. The summed E-state index contributed by atoms with van der Waals surface area (Å²) in [6.07, 6.45) is 0. The number of hydrogen-bond donors (Lipinski definition) is 1. The van der Waals surface area contributed by atoms with E-state index >= 15 is 0 Å². The monoisotopic (exact) mass is 254 g/mol. The molecule has 19 heavy (non-hydrogen) atoms. The lowest BCUT2D eigenvalue weighted by Gasteiger charge is -2.10. The van der Waals surface area contributed by atoms with Crippen molar-refractivity contribution in [1.82, 2.24) is 4.57 Å². The first kappa shape index (κ1) is 12.9. The highest BCUT2D eigenvalue weighted by atomic mass is 16.4. The minimum atomic E-state index is -0.917. The molecule has 4 heteroatoms. The van der Waals surface area contributed by atoms with Crippen molar-refractivity contribution in [3.63, 3.8) is 0 Å². The first-order valence-corrected chi connectivity index (χ1v) is 5.92. The van der Waals surface area contributed by atoms with Crippen molar-refractivity contribution < 1.29 is 9.90 Å². The maximum atomic E-state index is 11.3. The van der Waals surface area contributed by atoms with Gasteiger partial charge in [0.25, 0.3) is 0 Å². The molecular weight excluding hydrogens is 240 g/mol. The zero-order chi connectivity index (χ0) is 14.0. The molecule has 0 aliphatic rings. The van der Waals surface area contributed by atoms with Gasteiger partial charge in [0.05, 0.1) is 11.6 Å². The number of rotatable bonds is 3. The predicted molar refractivity (Wildman–Crippen MR) is 71.1 cm³/mol. The molecule has 1 aromatic heterocycles. The van der Waals surface area contributed by atoms with E-state index in [1.807, 2.05) is 25.1 Å². The Labute approximate surface area is 111 Å². The molecule has 2 aromatic rings. The van der Waals surface area contributed by atoms with Gasteiger partial charge in [-0.25, -0.2) is 4.79 Å². The van der Waals surface area contributed by atoms with E-state index in [4.69, 9.17) is 5.26 Å². The Morgan fingerprint density at radius 2 is 1.95 bits per heavy atom. The summed E-state index contributed by atoms with van der Waals surface area (Å²) in [5, 5.41) is 18.0. The van der Waals surface area contributed by atoms with E-state index < -0.39 is 5.97 Å². The lowest BCUT2D eigenvalue weighted by Crippen LogP contribution is -2.11. The molecule has 0 bridgehead atoms. The highest BCUT2D eigenvalue weighted by Crippen LogP contribution is 2.17. The van der Waals surface area contributed by atoms with E-state index in [0.29, 0.717) is 17.8 Å². The molecule has 0 radical (unpaired) electrons. The molecule has 96 valence electrons. The summed E-state index contributed by atoms with van der Waals surface area (Å²) in [5.74, 6) is -0.917. The Bertz CT molecular complexity index is 661. The van der Waals surface area contributed by atoms with Crippen molar-refractivity contribution in [2.24, 2.45) is 0 Å². The summed E-state index contributed by atoms with van der Waals surface area (Å²) in [6, 6.07) is 11.1. The molecule has 0 amide bonds. The Balaban J connectivity index is 2.38. The number of carboxylic acid groups (broad SMARTS) is 1. The van der Waals surface area contributed by atoms with Gasteiger partial charge >= 0.3 is 5.97 Å². The highest BCUT2D eigenvalue weighted by molar-refractivity contribution is 5.88. The Morgan fingerprint density at radius 1 is 1.32 bits per heavy atom. The molecule has 0 atom stereocenters. The van der Waals surface area contributed by atoms with E-state index in [1.54, 1.807) is 23.6 Å². The molecule has 0 aliphatic heterocycles. The zero-order valence-electron chi connectivity index (χ0n) is 10.8. The predicted octanol–water partition coefficient (Wildman–Crippen LogP) is 2.72. The fourth-order valence-corrected chi connectivity index (χ4v) is 2.20. The minimum Gasteiger partial charge on any atom is -0.477 e. The van der Waals surface area contributed by atoms with Gasteiger partial charge < -0.3 is 9.67 Å². The average molecular weight is 254 g/mol. The van der Waals surface area contributed by atoms with Crippen LogP contribution in [0.15, 0.2) is 30.3 Å². The van der Waals surface area contributed by atoms with E-state index in [9.17, 15) is 9.90 Å². The van der Waals surface area contributed by atoms with E-state index in [2.05, 4.69) is 6.07 Å². The summed E-state index contributed by atoms with van der Waals surface area (Å²) < 4.78 is 1.78. The Morgan fingerprint density at radius 3 is 2.47 bits per heavy atom. The van der Waals surface area contributed by atoms with Crippen molar-refractivity contribution in [1.29, 1.82) is 5.26 Å². The van der Waals surface area contributed by atoms with Crippen molar-refractivity contribution in [3.8, 4) is 6.07 Å². The van der Waals surface area contributed by atoms with Gasteiger partial charge in [-0.1, -0.05) is 12.1 Å². The second kappa shape index (κ2) is 4.99. The number of aryl methyl sites for hydroxylation is 2. The third kappa shape index (κ3) is 2.50. The number of aromatic carboxylic acids is 1. The van der Waals surface area contributed by atoms with Crippen LogP contribution in [0.3, 0.4) is 0 Å². The number of benzene rings is 1. The summed E-state index contributed by atoms with van der Waals surface area (Å²) >= 11 is 0. The maximum Gasteiger partial charge on any atom is 0.352 e. The molecule has 0 saturated carbocycles. The lowest BCUT2D eigenvalue weighted by molar-refractivity contribution is 0.0684. The molecule has 2 rings (SSSR count). The fraction of sp³-hybridized carbons (Fsp3) is 0.200. The lowest BCUT2D eigenvalue weighted by atomic mass is 10.1. The van der Waals surface area contributed by atoms with E-state index in [1.165, 1.54) is 0 Å². The van der Waals surface area contributed by atoms with Crippen LogP contribution in [-0.2, 0) is 6.54 Å². The van der Waals surface area contributed by atoms with Crippen molar-refractivity contribution in [3.05, 3.63) is 58.4 Å². The quantitative estimate of drug-likeness (QED) is 0.915. The van der Waals surface area contributed by atoms with Gasteiger partial charge in [-0.2, -0.15) is 5.26 Å². The van der Waals surface area contributed by atoms with Gasteiger partial charge in [-0.05, 0) is 43.2 Å². The molecule has 1 heterocycles. The normalized spacial score (nSPS) is 10.2. The molecule has 1 N–H and O–H groups in total. The topological polar surface area (TPSA) is 66.0 Å². The van der Waals surface area contributed by atoms with Crippen molar-refractivity contribution >= 4 is 5.97 Å². The van der Waals surface area contributed by atoms with Crippen LogP contribution in [0, 0.1) is 25.2 Å². The van der Waals surface area contributed by atoms with Gasteiger partial charge in [0, 0.05) is 12.2 Å². The van der Waals surface area contributed by atoms with Crippen LogP contribution < -0.4 is 0 Å². The van der Waals surface area contributed by atoms with Crippen LogP contribution >= 0.6 is 0 Å². The van der Waals surface area contributed by atoms with Gasteiger partial charge in [-0.3, -0.25) is 0 Å². The molecule has 4 nitrogen and oxygen atoms in total. The second-order valence-electron chi connectivity index (χ2n) is 4.52. The van der Waals surface area contributed by atoms with E-state index in [0.717, 1.165) is 16.8 Å². The van der Waals surface area contributed by atoms with Gasteiger partial charge in [0.1, 0.15) is 5.69 Å². The van der Waals surface area contributed by atoms with Crippen molar-refractivity contribution in [2.45, 2.75) is 20.4 Å². The highest BCUT2D eigenvalue weighted by Gasteiger charge is 2.16. The fourth-order valence-electron chi connectivity index (χ4n) is 2.20. The van der Waals surface area contributed by atoms with Gasteiger partial charge in [0.15, 0.2) is 0 Å². The average Bonchev–Trinajstić information content (AvgIpc) is 2.65. The van der Waals surface area contributed by atoms with Crippen LogP contribution in [0.25, 0.3) is 0 Å². The SMILES string of the molecule is Cc1cc(C)n(Cc2ccc(C#N)cc2)c1C(=O)O. The smallest absolute Gasteiger partial charge is 0.352 e. The molecule has 0 unspecified atom stereocenters. The van der Waals surface area contributed by atoms with Gasteiger partial charge in [0.2, 0.25) is 0 Å². The van der Waals surface area contributed by atoms with Crippen LogP contribution in [-0.4, -0.2) is 15.6 Å². The second-order valence-corrected chi connectivity index (χ2v) is 4.52. The number of aromatic nitrogens is 1. The Hall–Kier alpha value is -2.54. The summed E-state index contributed by atoms with van der Waals surface area (Å²) in [4.78, 5) is 11.3. The molecule has 0 spiro atoms. The van der Waals surface area contributed by atoms with Crippen LogP contribution in [0.4, 0.5) is 0 Å². The molecule has 0 aliphatic carbocycles. The van der Waals surface area contributed by atoms with Crippen LogP contribution in [0.2, 0.25) is 0 Å². The number of nitriles is 1. The largest absolute Gasteiger partial charge is 0.477 e. The van der Waals surface area contributed by atoms with Crippen LogP contribution in [0.1, 0.15) is 32.9 Å². The Kier molecular flexibility index (Phi) is 3.39. The zero-order valence-corrected chi connectivity index (χ0v) is 10.8. The number of carboxylic acids is 1. The standard InChI is InChI=1S/C15H14N2O2/c1-10-7-11(2)17(14(10)15(18)19)9-13-5-3-12(8-16)4-6-13/h3-7H,9H2,1-2H3,(H,18,19). The maximum absolute atomic E-state index is 11.3. The molecular formula is C15H14N2O2. The molecule has 0 saturated heterocycles. The van der Waals surface area contributed by atoms with Crippen molar-refractivity contribution in [2.75, 3.05) is 0 Å². The van der Waals surface area contributed by atoms with E-state index in [-0.39, 0.29) is 0 Å². The number of hydrogen-bond acceptors (Lipinski definition) is 2. The summed E-state index contributed by atoms with van der Waals surface area (Å²) in [5.41, 5.74) is 3.57. The van der Waals surface area contributed by atoms with Gasteiger partial charge in [-0.15, -0.1) is 0 Å². The third-order valence-electron chi connectivity index (χ3n) is 3.12. The molecule has 0 fully saturated rings. The van der Waals surface area contributed by atoms with Crippen LogP contribution in [0.5, 0.6) is 0 Å². The number of nitrogens with zero attached hydrogens (tertiary/aromatic N) is 2. The summed E-state index contributed by atoms with van der Waals surface area (Å²) in [7, 11) is 0. The molecule has 1 aromatic carbocycles. The third-order valence-corrected chi connectivity index (χ3v) is 3.12. The first-order valence-electron chi connectivity index (χ1n) is 5.92.